The molecule has 0 fully saturated rings. The number of hydrogen-bond donors (Lipinski definition) is 2. The van der Waals surface area contributed by atoms with E-state index in [1.807, 2.05) is 0 Å². The third-order valence-corrected chi connectivity index (χ3v) is 3.89. The highest BCUT2D eigenvalue weighted by Crippen LogP contribution is 2.38. The van der Waals surface area contributed by atoms with Crippen LogP contribution >= 0.6 is 11.3 Å². The summed E-state index contributed by atoms with van der Waals surface area (Å²) in [6.45, 7) is -1.17. The van der Waals surface area contributed by atoms with Gasteiger partial charge in [-0.25, -0.2) is 4.98 Å². The number of carbonyl (C=O) groups is 1. The van der Waals surface area contributed by atoms with Gasteiger partial charge in [-0.1, -0.05) is 0 Å². The van der Waals surface area contributed by atoms with Gasteiger partial charge in [-0.05, 0) is 12.8 Å². The maximum atomic E-state index is 11.8. The lowest BCUT2D eigenvalue weighted by Gasteiger charge is -2.07. The van der Waals surface area contributed by atoms with Crippen LogP contribution in [0.3, 0.4) is 0 Å². The molecule has 112 valence electrons. The molecule has 1 unspecified atom stereocenters. The van der Waals surface area contributed by atoms with Crippen molar-refractivity contribution in [2.45, 2.75) is 24.9 Å². The van der Waals surface area contributed by atoms with E-state index in [1.54, 1.807) is 0 Å². The summed E-state index contributed by atoms with van der Waals surface area (Å²) < 4.78 is 39.9. The normalized spacial score (nSPS) is 18.1. The second kappa shape index (κ2) is 5.96. The van der Waals surface area contributed by atoms with Crippen molar-refractivity contribution >= 4 is 22.4 Å². The number of nitrogens with zero attached hydrogens (tertiary/aromatic N) is 1. The standard InChI is InChI=1S/C11H13F3N2O3S/c12-11(13,14)5-19-4-3-15-10-16-8-6(9(17)18)1-2-7(8)20-10/h6H,1-5H2,(H,15,16)(H,17,18). The van der Waals surface area contributed by atoms with Gasteiger partial charge in [0.15, 0.2) is 5.13 Å². The first kappa shape index (κ1) is 15.0. The maximum absolute atomic E-state index is 11.8. The summed E-state index contributed by atoms with van der Waals surface area (Å²) >= 11 is 1.34. The third kappa shape index (κ3) is 3.83. The number of halogens is 3. The smallest absolute Gasteiger partial charge is 0.411 e. The number of rotatable bonds is 6. The van der Waals surface area contributed by atoms with Crippen molar-refractivity contribution in [3.8, 4) is 0 Å². The Morgan fingerprint density at radius 1 is 1.55 bits per heavy atom. The van der Waals surface area contributed by atoms with E-state index in [9.17, 15) is 18.0 Å². The van der Waals surface area contributed by atoms with Crippen molar-refractivity contribution in [1.29, 1.82) is 0 Å². The number of nitrogens with one attached hydrogen (secondary N) is 1. The average Bonchev–Trinajstić information content (AvgIpc) is 2.85. The van der Waals surface area contributed by atoms with Gasteiger partial charge in [-0.2, -0.15) is 13.2 Å². The molecule has 1 aliphatic carbocycles. The van der Waals surface area contributed by atoms with Gasteiger partial charge < -0.3 is 15.2 Å². The number of ether oxygens (including phenoxy) is 1. The lowest BCUT2D eigenvalue weighted by atomic mass is 10.1. The molecule has 1 atom stereocenters. The Morgan fingerprint density at radius 2 is 2.30 bits per heavy atom. The van der Waals surface area contributed by atoms with Crippen molar-refractivity contribution in [3.05, 3.63) is 10.6 Å². The number of fused-ring (bicyclic) bond motifs is 1. The molecule has 0 saturated carbocycles. The van der Waals surface area contributed by atoms with Crippen molar-refractivity contribution in [2.75, 3.05) is 25.1 Å². The lowest BCUT2D eigenvalue weighted by molar-refractivity contribution is -0.172. The number of hydrogen-bond acceptors (Lipinski definition) is 5. The SMILES string of the molecule is O=C(O)C1CCc2sc(NCCOCC(F)(F)F)nc21. The van der Waals surface area contributed by atoms with E-state index >= 15 is 0 Å². The van der Waals surface area contributed by atoms with Crippen molar-refractivity contribution in [3.63, 3.8) is 0 Å². The highest BCUT2D eigenvalue weighted by molar-refractivity contribution is 7.15. The van der Waals surface area contributed by atoms with E-state index in [4.69, 9.17) is 5.11 Å². The summed E-state index contributed by atoms with van der Waals surface area (Å²) in [5.41, 5.74) is 0.571. The second-order valence-electron chi connectivity index (χ2n) is 4.35. The maximum Gasteiger partial charge on any atom is 0.411 e. The monoisotopic (exact) mass is 310 g/mol. The van der Waals surface area contributed by atoms with Crippen LogP contribution in [0.15, 0.2) is 0 Å². The highest BCUT2D eigenvalue weighted by Gasteiger charge is 2.32. The number of aliphatic carboxylic acids is 1. The Hall–Kier alpha value is -1.35. The fourth-order valence-electron chi connectivity index (χ4n) is 1.96. The second-order valence-corrected chi connectivity index (χ2v) is 5.44. The van der Waals surface area contributed by atoms with Gasteiger partial charge in [0.25, 0.3) is 0 Å². The number of carboxylic acids is 1. The molecule has 2 N–H and O–H groups in total. The number of thiazole rings is 1. The summed E-state index contributed by atoms with van der Waals surface area (Å²) in [5.74, 6) is -1.47. The molecular formula is C11H13F3N2O3S. The minimum atomic E-state index is -4.32. The Kier molecular flexibility index (Phi) is 4.48. The molecule has 1 aliphatic rings. The van der Waals surface area contributed by atoms with Gasteiger partial charge >= 0.3 is 12.1 Å². The molecule has 0 aliphatic heterocycles. The van der Waals surface area contributed by atoms with Gasteiger partial charge in [-0.3, -0.25) is 4.79 Å². The fraction of sp³-hybridized carbons (Fsp3) is 0.636. The minimum Gasteiger partial charge on any atom is -0.481 e. The van der Waals surface area contributed by atoms with Crippen LogP contribution in [0.5, 0.6) is 0 Å². The topological polar surface area (TPSA) is 71.5 Å². The molecule has 0 aromatic carbocycles. The first-order valence-corrected chi connectivity index (χ1v) is 6.79. The van der Waals surface area contributed by atoms with Gasteiger partial charge in [0, 0.05) is 11.4 Å². The molecule has 0 amide bonds. The third-order valence-electron chi connectivity index (χ3n) is 2.80. The molecule has 0 saturated heterocycles. The molecule has 2 rings (SSSR count). The zero-order valence-electron chi connectivity index (χ0n) is 10.4. The molecule has 1 aromatic rings. The number of aryl methyl sites for hydroxylation is 1. The molecule has 0 radical (unpaired) electrons. The first-order valence-electron chi connectivity index (χ1n) is 5.97. The van der Waals surface area contributed by atoms with Gasteiger partial charge in [0.2, 0.25) is 0 Å². The van der Waals surface area contributed by atoms with Crippen molar-refractivity contribution in [1.82, 2.24) is 4.98 Å². The summed E-state index contributed by atoms with van der Waals surface area (Å²) in [5, 5.41) is 12.4. The van der Waals surface area contributed by atoms with Crippen LogP contribution < -0.4 is 5.32 Å². The number of alkyl halides is 3. The number of carboxylic acid groups (broad SMARTS) is 1. The molecule has 0 bridgehead atoms. The van der Waals surface area contributed by atoms with E-state index in [0.717, 1.165) is 4.88 Å². The summed E-state index contributed by atoms with van der Waals surface area (Å²) in [6, 6.07) is 0. The molecule has 5 nitrogen and oxygen atoms in total. The van der Waals surface area contributed by atoms with Gasteiger partial charge in [0.1, 0.15) is 12.5 Å². The molecular weight excluding hydrogens is 297 g/mol. The minimum absolute atomic E-state index is 0.0912. The Bertz CT molecular complexity index is 490. The van der Waals surface area contributed by atoms with Crippen molar-refractivity contribution < 1.29 is 27.8 Å². The Balaban J connectivity index is 1.78. The fourth-order valence-corrected chi connectivity index (χ4v) is 3.03. The van der Waals surface area contributed by atoms with Gasteiger partial charge in [0.05, 0.1) is 12.3 Å². The Morgan fingerprint density at radius 3 is 2.95 bits per heavy atom. The van der Waals surface area contributed by atoms with E-state index in [2.05, 4.69) is 15.0 Å². The van der Waals surface area contributed by atoms with E-state index in [-0.39, 0.29) is 13.2 Å². The number of aromatic nitrogens is 1. The predicted octanol–water partition coefficient (Wildman–Crippen LogP) is 2.25. The van der Waals surface area contributed by atoms with E-state index in [1.165, 1.54) is 11.3 Å². The summed E-state index contributed by atoms with van der Waals surface area (Å²) in [6.07, 6.45) is -3.09. The van der Waals surface area contributed by atoms with Crippen LogP contribution in [0.4, 0.5) is 18.3 Å². The highest BCUT2D eigenvalue weighted by atomic mass is 32.1. The number of anilines is 1. The van der Waals surface area contributed by atoms with E-state index in [0.29, 0.717) is 23.7 Å². The van der Waals surface area contributed by atoms with Crippen LogP contribution in [0, 0.1) is 0 Å². The van der Waals surface area contributed by atoms with Crippen LogP contribution in [0.1, 0.15) is 22.9 Å². The predicted molar refractivity (Wildman–Crippen MR) is 66.2 cm³/mol. The van der Waals surface area contributed by atoms with E-state index < -0.39 is 24.7 Å². The first-order chi connectivity index (χ1) is 9.37. The molecule has 9 heteroatoms. The molecule has 20 heavy (non-hydrogen) atoms. The van der Waals surface area contributed by atoms with Gasteiger partial charge in [-0.15, -0.1) is 11.3 Å². The lowest BCUT2D eigenvalue weighted by Crippen LogP contribution is -2.20. The Labute approximate surface area is 116 Å². The molecule has 1 aromatic heterocycles. The van der Waals surface area contributed by atoms with Crippen molar-refractivity contribution in [2.24, 2.45) is 0 Å². The largest absolute Gasteiger partial charge is 0.481 e. The summed E-state index contributed by atoms with van der Waals surface area (Å²) in [7, 11) is 0. The zero-order chi connectivity index (χ0) is 14.8. The summed E-state index contributed by atoms with van der Waals surface area (Å²) in [4.78, 5) is 16.1. The van der Waals surface area contributed by atoms with Crippen LogP contribution in [-0.4, -0.2) is 42.0 Å². The molecule has 1 heterocycles. The quantitative estimate of drug-likeness (QED) is 0.789. The average molecular weight is 310 g/mol. The van der Waals surface area contributed by atoms with Crippen LogP contribution in [0.2, 0.25) is 0 Å². The zero-order valence-corrected chi connectivity index (χ0v) is 11.2. The molecule has 0 spiro atoms. The van der Waals surface area contributed by atoms with Crippen LogP contribution in [0.25, 0.3) is 0 Å². The van der Waals surface area contributed by atoms with Crippen LogP contribution in [-0.2, 0) is 16.0 Å².